The Kier molecular flexibility index (Phi) is 7.10. The molecule has 5 nitrogen and oxygen atoms in total. The summed E-state index contributed by atoms with van der Waals surface area (Å²) in [6.45, 7) is 9.36. The first kappa shape index (κ1) is 19.7. The van der Waals surface area contributed by atoms with Crippen LogP contribution in [-0.2, 0) is 6.42 Å². The quantitative estimate of drug-likeness (QED) is 0.516. The van der Waals surface area contributed by atoms with Gasteiger partial charge in [-0.2, -0.15) is 0 Å². The molecule has 0 radical (unpaired) electrons. The number of aromatic amines is 1. The average Bonchev–Trinajstić information content (AvgIpc) is 3.06. The van der Waals surface area contributed by atoms with E-state index in [9.17, 15) is 4.39 Å². The molecule has 2 heterocycles. The van der Waals surface area contributed by atoms with Crippen LogP contribution in [0.25, 0.3) is 10.9 Å². The van der Waals surface area contributed by atoms with E-state index in [2.05, 4.69) is 34.4 Å². The van der Waals surface area contributed by atoms with Gasteiger partial charge in [-0.05, 0) is 62.9 Å². The second-order valence-electron chi connectivity index (χ2n) is 7.27. The molecule has 1 aromatic heterocycles. The Morgan fingerprint density at radius 3 is 2.85 bits per heavy atom. The molecule has 148 valence electrons. The van der Waals surface area contributed by atoms with Crippen LogP contribution in [0.15, 0.2) is 29.4 Å². The van der Waals surface area contributed by atoms with Crippen molar-refractivity contribution in [3.8, 4) is 0 Å². The predicted molar refractivity (Wildman–Crippen MR) is 111 cm³/mol. The monoisotopic (exact) mass is 373 g/mol. The van der Waals surface area contributed by atoms with Crippen LogP contribution in [0, 0.1) is 5.82 Å². The van der Waals surface area contributed by atoms with Gasteiger partial charge in [0.1, 0.15) is 5.82 Å². The van der Waals surface area contributed by atoms with E-state index in [1.165, 1.54) is 19.0 Å². The molecular formula is C21H32FN5. The number of aliphatic imine (C=N–C) groups is 1. The molecule has 6 heteroatoms. The Morgan fingerprint density at radius 1 is 1.30 bits per heavy atom. The summed E-state index contributed by atoms with van der Waals surface area (Å²) in [5.41, 5.74) is 2.08. The zero-order valence-corrected chi connectivity index (χ0v) is 16.5. The molecule has 0 atom stereocenters. The number of nitrogens with one attached hydrogen (secondary N) is 3. The summed E-state index contributed by atoms with van der Waals surface area (Å²) in [6.07, 6.45) is 6.29. The van der Waals surface area contributed by atoms with Gasteiger partial charge in [0.05, 0.1) is 0 Å². The van der Waals surface area contributed by atoms with E-state index in [-0.39, 0.29) is 5.82 Å². The molecule has 3 N–H and O–H groups in total. The maximum absolute atomic E-state index is 13.5. The third kappa shape index (κ3) is 5.45. The average molecular weight is 374 g/mol. The van der Waals surface area contributed by atoms with Crippen molar-refractivity contribution in [3.63, 3.8) is 0 Å². The summed E-state index contributed by atoms with van der Waals surface area (Å²) in [4.78, 5) is 10.5. The third-order valence-corrected chi connectivity index (χ3v) is 5.19. The van der Waals surface area contributed by atoms with Gasteiger partial charge in [-0.1, -0.05) is 6.92 Å². The van der Waals surface area contributed by atoms with Crippen molar-refractivity contribution in [2.45, 2.75) is 45.6 Å². The maximum atomic E-state index is 13.5. The molecule has 27 heavy (non-hydrogen) atoms. The van der Waals surface area contributed by atoms with Crippen LogP contribution in [0.1, 0.15) is 38.7 Å². The zero-order valence-electron chi connectivity index (χ0n) is 16.5. The van der Waals surface area contributed by atoms with Crippen LogP contribution in [0.4, 0.5) is 4.39 Å². The summed E-state index contributed by atoms with van der Waals surface area (Å²) in [5, 5.41) is 7.89. The van der Waals surface area contributed by atoms with Gasteiger partial charge in [0.25, 0.3) is 0 Å². The van der Waals surface area contributed by atoms with Crippen LogP contribution in [0.3, 0.4) is 0 Å². The number of halogens is 1. The van der Waals surface area contributed by atoms with Crippen molar-refractivity contribution in [1.29, 1.82) is 0 Å². The Bertz CT molecular complexity index is 746. The van der Waals surface area contributed by atoms with Gasteiger partial charge in [-0.3, -0.25) is 4.99 Å². The number of hydrogen-bond donors (Lipinski definition) is 3. The Hall–Kier alpha value is -2.08. The van der Waals surface area contributed by atoms with Gasteiger partial charge in [0.2, 0.25) is 0 Å². The lowest BCUT2D eigenvalue weighted by Gasteiger charge is -2.32. The molecule has 1 saturated heterocycles. The van der Waals surface area contributed by atoms with Crippen LogP contribution < -0.4 is 10.6 Å². The molecule has 0 amide bonds. The van der Waals surface area contributed by atoms with E-state index in [1.807, 2.05) is 6.20 Å². The maximum Gasteiger partial charge on any atom is 0.191 e. The number of rotatable bonds is 7. The number of benzene rings is 1. The van der Waals surface area contributed by atoms with Gasteiger partial charge >= 0.3 is 0 Å². The highest BCUT2D eigenvalue weighted by molar-refractivity contribution is 5.83. The normalized spacial score (nSPS) is 16.8. The Morgan fingerprint density at radius 2 is 2.11 bits per heavy atom. The molecule has 0 bridgehead atoms. The van der Waals surface area contributed by atoms with Gasteiger partial charge < -0.3 is 20.5 Å². The molecular weight excluding hydrogens is 341 g/mol. The van der Waals surface area contributed by atoms with Gasteiger partial charge in [-0.15, -0.1) is 0 Å². The third-order valence-electron chi connectivity index (χ3n) is 5.19. The SMILES string of the molecule is CCCN1CCC(NC(=NCCc2c[nH]c3ccc(F)cc23)NCC)CC1. The van der Waals surface area contributed by atoms with Gasteiger partial charge in [0.15, 0.2) is 5.96 Å². The van der Waals surface area contributed by atoms with Crippen molar-refractivity contribution in [3.05, 3.63) is 35.8 Å². The van der Waals surface area contributed by atoms with E-state index in [1.54, 1.807) is 12.1 Å². The fraction of sp³-hybridized carbons (Fsp3) is 0.571. The molecule has 0 spiro atoms. The highest BCUT2D eigenvalue weighted by Gasteiger charge is 2.19. The van der Waals surface area contributed by atoms with Crippen molar-refractivity contribution in [2.24, 2.45) is 4.99 Å². The van der Waals surface area contributed by atoms with Crippen molar-refractivity contribution < 1.29 is 4.39 Å². The van der Waals surface area contributed by atoms with Crippen LogP contribution in [0.2, 0.25) is 0 Å². The van der Waals surface area contributed by atoms with Gasteiger partial charge in [0, 0.05) is 49.3 Å². The fourth-order valence-corrected chi connectivity index (χ4v) is 3.78. The lowest BCUT2D eigenvalue weighted by molar-refractivity contribution is 0.206. The molecule has 1 fully saturated rings. The number of fused-ring (bicyclic) bond motifs is 1. The second-order valence-corrected chi connectivity index (χ2v) is 7.27. The zero-order chi connectivity index (χ0) is 19.1. The number of nitrogens with zero attached hydrogens (tertiary/aromatic N) is 2. The lowest BCUT2D eigenvalue weighted by atomic mass is 10.1. The van der Waals surface area contributed by atoms with E-state index in [4.69, 9.17) is 4.99 Å². The van der Waals surface area contributed by atoms with Crippen LogP contribution in [-0.4, -0.2) is 54.6 Å². The minimum absolute atomic E-state index is 0.198. The summed E-state index contributed by atoms with van der Waals surface area (Å²) in [6, 6.07) is 5.35. The minimum Gasteiger partial charge on any atom is -0.361 e. The van der Waals surface area contributed by atoms with Crippen molar-refractivity contribution in [1.82, 2.24) is 20.5 Å². The number of aromatic nitrogens is 1. The Labute approximate surface area is 161 Å². The van der Waals surface area contributed by atoms with E-state index in [0.29, 0.717) is 12.6 Å². The first-order valence-corrected chi connectivity index (χ1v) is 10.2. The predicted octanol–water partition coefficient (Wildman–Crippen LogP) is 3.28. The molecule has 1 aliphatic heterocycles. The number of H-pyrrole nitrogens is 1. The van der Waals surface area contributed by atoms with Gasteiger partial charge in [-0.25, -0.2) is 4.39 Å². The summed E-state index contributed by atoms with van der Waals surface area (Å²) >= 11 is 0. The lowest BCUT2D eigenvalue weighted by Crippen LogP contribution is -2.48. The molecule has 3 rings (SSSR count). The molecule has 2 aromatic rings. The van der Waals surface area contributed by atoms with Crippen molar-refractivity contribution >= 4 is 16.9 Å². The number of guanidine groups is 1. The first-order chi connectivity index (χ1) is 13.2. The molecule has 0 aliphatic carbocycles. The molecule has 0 saturated carbocycles. The second kappa shape index (κ2) is 9.74. The van der Waals surface area contributed by atoms with E-state index in [0.717, 1.165) is 61.3 Å². The standard InChI is InChI=1S/C21H32FN5/c1-3-11-27-12-8-18(9-13-27)26-21(23-4-2)24-10-7-16-15-25-20-6-5-17(22)14-19(16)20/h5-6,14-15,18,25H,3-4,7-13H2,1-2H3,(H2,23,24,26). The largest absolute Gasteiger partial charge is 0.361 e. The number of hydrogen-bond acceptors (Lipinski definition) is 2. The summed E-state index contributed by atoms with van der Waals surface area (Å²) in [7, 11) is 0. The van der Waals surface area contributed by atoms with E-state index < -0.39 is 0 Å². The minimum atomic E-state index is -0.198. The highest BCUT2D eigenvalue weighted by atomic mass is 19.1. The Balaban J connectivity index is 1.55. The summed E-state index contributed by atoms with van der Waals surface area (Å²) in [5.74, 6) is 0.689. The van der Waals surface area contributed by atoms with Crippen molar-refractivity contribution in [2.75, 3.05) is 32.7 Å². The smallest absolute Gasteiger partial charge is 0.191 e. The van der Waals surface area contributed by atoms with Crippen LogP contribution in [0.5, 0.6) is 0 Å². The fourth-order valence-electron chi connectivity index (χ4n) is 3.78. The van der Waals surface area contributed by atoms with E-state index >= 15 is 0 Å². The molecule has 0 unspecified atom stereocenters. The highest BCUT2D eigenvalue weighted by Crippen LogP contribution is 2.19. The summed E-state index contributed by atoms with van der Waals surface area (Å²) < 4.78 is 13.5. The number of piperidine rings is 1. The number of likely N-dealkylation sites (tertiary alicyclic amines) is 1. The topological polar surface area (TPSA) is 55.5 Å². The molecule has 1 aromatic carbocycles. The van der Waals surface area contributed by atoms with Crippen LogP contribution >= 0.6 is 0 Å². The molecule has 1 aliphatic rings. The first-order valence-electron chi connectivity index (χ1n) is 10.2.